The van der Waals surface area contributed by atoms with E-state index < -0.39 is 0 Å². The summed E-state index contributed by atoms with van der Waals surface area (Å²) in [7, 11) is 0. The first-order valence-electron chi connectivity index (χ1n) is 7.42. The zero-order valence-electron chi connectivity index (χ0n) is 12.9. The van der Waals surface area contributed by atoms with Crippen LogP contribution in [0.4, 0.5) is 0 Å². The van der Waals surface area contributed by atoms with Crippen LogP contribution >= 0.6 is 0 Å². The minimum absolute atomic E-state index is 0.266. The van der Waals surface area contributed by atoms with Crippen LogP contribution in [-0.2, 0) is 6.54 Å². The predicted octanol–water partition coefficient (Wildman–Crippen LogP) is 2.82. The number of hydrogen-bond acceptors (Lipinski definition) is 5. The van der Waals surface area contributed by atoms with Gasteiger partial charge in [0.15, 0.2) is 11.4 Å². The smallest absolute Gasteiger partial charge is 0.270 e. The lowest BCUT2D eigenvalue weighted by Gasteiger charge is -2.05. The van der Waals surface area contributed by atoms with Crippen LogP contribution in [0.3, 0.4) is 0 Å². The third-order valence-corrected chi connectivity index (χ3v) is 3.61. The average molecular weight is 322 g/mol. The molecule has 0 aliphatic heterocycles. The van der Waals surface area contributed by atoms with Crippen LogP contribution in [0.15, 0.2) is 57.8 Å². The van der Waals surface area contributed by atoms with E-state index >= 15 is 0 Å². The molecule has 24 heavy (non-hydrogen) atoms. The zero-order chi connectivity index (χ0) is 16.5. The predicted molar refractivity (Wildman–Crippen MR) is 85.3 cm³/mol. The van der Waals surface area contributed by atoms with Crippen LogP contribution in [0.1, 0.15) is 21.9 Å². The highest BCUT2D eigenvalue weighted by molar-refractivity contribution is 5.92. The maximum atomic E-state index is 12.3. The summed E-state index contributed by atoms with van der Waals surface area (Å²) in [6.45, 7) is 2.19. The molecule has 0 bridgehead atoms. The number of aromatic nitrogens is 3. The Bertz CT molecular complexity index is 985. The SMILES string of the molecule is Cc1cc(C(=O)NCc2ccco2)nc2cc(-c3ccco3)nn12. The summed E-state index contributed by atoms with van der Waals surface area (Å²) < 4.78 is 12.2. The van der Waals surface area contributed by atoms with Crippen molar-refractivity contribution in [1.82, 2.24) is 19.9 Å². The van der Waals surface area contributed by atoms with Crippen molar-refractivity contribution in [3.8, 4) is 11.5 Å². The fourth-order valence-electron chi connectivity index (χ4n) is 2.46. The minimum atomic E-state index is -0.266. The Kier molecular flexibility index (Phi) is 3.38. The van der Waals surface area contributed by atoms with Crippen molar-refractivity contribution in [3.05, 3.63) is 66.1 Å². The molecule has 0 radical (unpaired) electrons. The lowest BCUT2D eigenvalue weighted by atomic mass is 10.3. The van der Waals surface area contributed by atoms with Crippen LogP contribution < -0.4 is 5.32 Å². The van der Waals surface area contributed by atoms with Crippen molar-refractivity contribution in [2.45, 2.75) is 13.5 Å². The molecule has 0 atom stereocenters. The van der Waals surface area contributed by atoms with Gasteiger partial charge in [0.1, 0.15) is 17.1 Å². The van der Waals surface area contributed by atoms with Gasteiger partial charge < -0.3 is 14.2 Å². The lowest BCUT2D eigenvalue weighted by molar-refractivity contribution is 0.0943. The van der Waals surface area contributed by atoms with Crippen molar-refractivity contribution in [1.29, 1.82) is 0 Å². The van der Waals surface area contributed by atoms with E-state index in [4.69, 9.17) is 8.83 Å². The standard InChI is InChI=1S/C17H14N4O3/c1-11-8-14(17(22)18-10-12-4-2-6-23-12)19-16-9-13(20-21(11)16)15-5-3-7-24-15/h2-9H,10H2,1H3,(H,18,22). The summed E-state index contributed by atoms with van der Waals surface area (Å²) in [6, 6.07) is 10.7. The van der Waals surface area contributed by atoms with Crippen molar-refractivity contribution in [3.63, 3.8) is 0 Å². The van der Waals surface area contributed by atoms with Gasteiger partial charge in [0, 0.05) is 11.8 Å². The Morgan fingerprint density at radius 2 is 2.04 bits per heavy atom. The Balaban J connectivity index is 1.63. The highest BCUT2D eigenvalue weighted by Crippen LogP contribution is 2.20. The maximum absolute atomic E-state index is 12.3. The van der Waals surface area contributed by atoms with Gasteiger partial charge in [-0.3, -0.25) is 4.79 Å². The molecular formula is C17H14N4O3. The molecular weight excluding hydrogens is 308 g/mol. The zero-order valence-corrected chi connectivity index (χ0v) is 12.9. The highest BCUT2D eigenvalue weighted by atomic mass is 16.3. The second kappa shape index (κ2) is 5.69. The Hall–Kier alpha value is -3.35. The number of carbonyl (C=O) groups excluding carboxylic acids is 1. The molecule has 7 heteroatoms. The van der Waals surface area contributed by atoms with Gasteiger partial charge in [-0.2, -0.15) is 5.10 Å². The van der Waals surface area contributed by atoms with Crippen molar-refractivity contribution in [2.75, 3.05) is 0 Å². The number of nitrogens with one attached hydrogen (secondary N) is 1. The summed E-state index contributed by atoms with van der Waals surface area (Å²) in [6.07, 6.45) is 3.16. The maximum Gasteiger partial charge on any atom is 0.270 e. The van der Waals surface area contributed by atoms with Gasteiger partial charge in [-0.05, 0) is 37.3 Å². The molecule has 0 aliphatic carbocycles. The van der Waals surface area contributed by atoms with Gasteiger partial charge in [0.2, 0.25) is 0 Å². The number of hydrogen-bond donors (Lipinski definition) is 1. The van der Waals surface area contributed by atoms with E-state index in [0.717, 1.165) is 5.69 Å². The quantitative estimate of drug-likeness (QED) is 0.624. The molecule has 4 rings (SSSR count). The van der Waals surface area contributed by atoms with E-state index in [-0.39, 0.29) is 5.91 Å². The first-order chi connectivity index (χ1) is 11.7. The summed E-state index contributed by atoms with van der Waals surface area (Å²) in [5.41, 5.74) is 2.40. The first-order valence-corrected chi connectivity index (χ1v) is 7.42. The fraction of sp³-hybridized carbons (Fsp3) is 0.118. The third-order valence-electron chi connectivity index (χ3n) is 3.61. The molecule has 1 amide bonds. The number of nitrogens with zero attached hydrogens (tertiary/aromatic N) is 3. The van der Waals surface area contributed by atoms with E-state index in [1.165, 1.54) is 0 Å². The molecule has 4 heterocycles. The molecule has 0 saturated carbocycles. The normalized spacial score (nSPS) is 11.0. The second-order valence-electron chi connectivity index (χ2n) is 5.32. The third kappa shape index (κ3) is 2.56. The molecule has 120 valence electrons. The van der Waals surface area contributed by atoms with E-state index in [1.807, 2.05) is 13.0 Å². The van der Waals surface area contributed by atoms with Gasteiger partial charge in [-0.25, -0.2) is 9.50 Å². The van der Waals surface area contributed by atoms with E-state index in [2.05, 4.69) is 15.4 Å². The number of carbonyl (C=O) groups is 1. The van der Waals surface area contributed by atoms with Crippen LogP contribution in [0.5, 0.6) is 0 Å². The Labute approximate surface area is 136 Å². The molecule has 7 nitrogen and oxygen atoms in total. The van der Waals surface area contributed by atoms with Gasteiger partial charge in [0.05, 0.1) is 19.1 Å². The summed E-state index contributed by atoms with van der Waals surface area (Å²) in [5, 5.41) is 7.24. The van der Waals surface area contributed by atoms with Crippen molar-refractivity contribution >= 4 is 11.6 Å². The number of rotatable bonds is 4. The molecule has 0 fully saturated rings. The molecule has 1 N–H and O–H groups in total. The first kappa shape index (κ1) is 14.3. The molecule has 4 aromatic heterocycles. The Morgan fingerprint density at radius 3 is 2.79 bits per heavy atom. The highest BCUT2D eigenvalue weighted by Gasteiger charge is 2.14. The molecule has 0 unspecified atom stereocenters. The number of aryl methyl sites for hydroxylation is 1. The lowest BCUT2D eigenvalue weighted by Crippen LogP contribution is -2.24. The minimum Gasteiger partial charge on any atom is -0.467 e. The van der Waals surface area contributed by atoms with Crippen LogP contribution in [-0.4, -0.2) is 20.5 Å². The molecule has 0 aromatic carbocycles. The number of amides is 1. The number of furan rings is 2. The fourth-order valence-corrected chi connectivity index (χ4v) is 2.46. The van der Waals surface area contributed by atoms with Gasteiger partial charge in [-0.15, -0.1) is 0 Å². The summed E-state index contributed by atoms with van der Waals surface area (Å²) in [4.78, 5) is 16.7. The van der Waals surface area contributed by atoms with E-state index in [0.29, 0.717) is 35.1 Å². The molecule has 4 aromatic rings. The number of fused-ring (bicyclic) bond motifs is 1. The van der Waals surface area contributed by atoms with Crippen molar-refractivity contribution in [2.24, 2.45) is 0 Å². The van der Waals surface area contributed by atoms with Gasteiger partial charge in [0.25, 0.3) is 5.91 Å². The van der Waals surface area contributed by atoms with Crippen LogP contribution in [0.2, 0.25) is 0 Å². The summed E-state index contributed by atoms with van der Waals surface area (Å²) in [5.74, 6) is 1.08. The average Bonchev–Trinajstić information content (AvgIpc) is 3.31. The Morgan fingerprint density at radius 1 is 1.21 bits per heavy atom. The molecule has 0 aliphatic rings. The van der Waals surface area contributed by atoms with E-state index in [9.17, 15) is 4.79 Å². The summed E-state index contributed by atoms with van der Waals surface area (Å²) >= 11 is 0. The van der Waals surface area contributed by atoms with E-state index in [1.54, 1.807) is 47.4 Å². The van der Waals surface area contributed by atoms with Crippen LogP contribution in [0.25, 0.3) is 17.1 Å². The second-order valence-corrected chi connectivity index (χ2v) is 5.32. The monoisotopic (exact) mass is 322 g/mol. The molecule has 0 spiro atoms. The van der Waals surface area contributed by atoms with Gasteiger partial charge >= 0.3 is 0 Å². The van der Waals surface area contributed by atoms with Gasteiger partial charge in [-0.1, -0.05) is 0 Å². The van der Waals surface area contributed by atoms with Crippen molar-refractivity contribution < 1.29 is 13.6 Å². The molecule has 0 saturated heterocycles. The van der Waals surface area contributed by atoms with Crippen LogP contribution in [0, 0.1) is 6.92 Å². The largest absolute Gasteiger partial charge is 0.467 e. The topological polar surface area (TPSA) is 85.6 Å².